The molecule has 2 rings (SSSR count). The van der Waals surface area contributed by atoms with Gasteiger partial charge in [-0.25, -0.2) is 0 Å². The molecule has 1 saturated heterocycles. The Labute approximate surface area is 132 Å². The molecule has 1 aliphatic rings. The predicted octanol–water partition coefficient (Wildman–Crippen LogP) is 2.91. The van der Waals surface area contributed by atoms with Gasteiger partial charge in [0.15, 0.2) is 0 Å². The van der Waals surface area contributed by atoms with Gasteiger partial charge in [-0.2, -0.15) is 11.8 Å². The molecule has 3 nitrogen and oxygen atoms in total. The van der Waals surface area contributed by atoms with Gasteiger partial charge in [-0.3, -0.25) is 10.1 Å². The third-order valence-corrected chi connectivity index (χ3v) is 4.71. The smallest absolute Gasteiger partial charge is 0.241 e. The minimum atomic E-state index is -0.0575. The number of carbonyl (C=O) groups excluding carboxylic acids is 1. The highest BCUT2D eigenvalue weighted by molar-refractivity contribution is 7.98. The van der Waals surface area contributed by atoms with Crippen molar-refractivity contribution in [2.24, 2.45) is 0 Å². The number of unbranched alkanes of at least 4 members (excludes halogenated alkanes) is 1. The Hall–Kier alpha value is -1.00. The molecule has 0 aromatic heterocycles. The summed E-state index contributed by atoms with van der Waals surface area (Å²) in [5.41, 5.74) is 1.22. The van der Waals surface area contributed by atoms with Gasteiger partial charge in [0, 0.05) is 6.54 Å². The largest absolute Gasteiger partial charge is 0.326 e. The molecule has 0 aliphatic carbocycles. The fraction of sp³-hybridized carbons (Fsp3) is 0.588. The first-order chi connectivity index (χ1) is 10.3. The van der Waals surface area contributed by atoms with E-state index in [0.717, 1.165) is 25.8 Å². The van der Waals surface area contributed by atoms with Gasteiger partial charge < -0.3 is 4.90 Å². The van der Waals surface area contributed by atoms with Crippen molar-refractivity contribution in [1.82, 2.24) is 10.2 Å². The fourth-order valence-electron chi connectivity index (χ4n) is 2.88. The maximum Gasteiger partial charge on any atom is 0.241 e. The van der Waals surface area contributed by atoms with Crippen LogP contribution < -0.4 is 5.32 Å². The number of amides is 1. The summed E-state index contributed by atoms with van der Waals surface area (Å²) in [6, 6.07) is 10.2. The molecule has 2 unspecified atom stereocenters. The van der Waals surface area contributed by atoms with Crippen LogP contribution in [0.25, 0.3) is 0 Å². The highest BCUT2D eigenvalue weighted by atomic mass is 32.2. The van der Waals surface area contributed by atoms with Crippen LogP contribution in [-0.4, -0.2) is 41.6 Å². The molecule has 0 bridgehead atoms. The minimum absolute atomic E-state index is 0.0575. The monoisotopic (exact) mass is 306 g/mol. The average molecular weight is 306 g/mol. The van der Waals surface area contributed by atoms with Gasteiger partial charge in [-0.15, -0.1) is 0 Å². The molecule has 0 saturated carbocycles. The van der Waals surface area contributed by atoms with Crippen LogP contribution in [0.4, 0.5) is 0 Å². The van der Waals surface area contributed by atoms with Gasteiger partial charge in [0.05, 0.1) is 12.2 Å². The van der Waals surface area contributed by atoms with Crippen LogP contribution in [0.5, 0.6) is 0 Å². The average Bonchev–Trinajstić information content (AvgIpc) is 2.81. The Morgan fingerprint density at radius 2 is 2.00 bits per heavy atom. The van der Waals surface area contributed by atoms with E-state index in [1.54, 1.807) is 0 Å². The predicted molar refractivity (Wildman–Crippen MR) is 90.5 cm³/mol. The second kappa shape index (κ2) is 8.44. The summed E-state index contributed by atoms with van der Waals surface area (Å²) in [6.45, 7) is 3.03. The van der Waals surface area contributed by atoms with Crippen molar-refractivity contribution in [2.45, 2.75) is 44.8 Å². The Balaban J connectivity index is 1.91. The normalized spacial score (nSPS) is 22.0. The van der Waals surface area contributed by atoms with Crippen LogP contribution in [-0.2, 0) is 11.2 Å². The molecule has 4 heteroatoms. The number of benzene rings is 1. The summed E-state index contributed by atoms with van der Waals surface area (Å²) >= 11 is 1.87. The first-order valence-corrected chi connectivity index (χ1v) is 9.25. The van der Waals surface area contributed by atoms with Crippen molar-refractivity contribution in [3.05, 3.63) is 35.9 Å². The van der Waals surface area contributed by atoms with Crippen LogP contribution in [0.1, 0.15) is 31.7 Å². The number of thioether (sulfide) groups is 1. The standard InChI is InChI=1S/C17H26N2OS/c1-3-16-18-15(13-14-9-5-4-6-10-14)17(20)19(16)11-7-8-12-21-2/h4-6,9-10,15-16,18H,3,7-8,11-13H2,1-2H3. The molecular weight excluding hydrogens is 280 g/mol. The topological polar surface area (TPSA) is 32.3 Å². The molecule has 0 spiro atoms. The van der Waals surface area contributed by atoms with E-state index in [1.807, 2.05) is 34.9 Å². The molecule has 21 heavy (non-hydrogen) atoms. The lowest BCUT2D eigenvalue weighted by molar-refractivity contribution is -0.130. The van der Waals surface area contributed by atoms with Crippen molar-refractivity contribution < 1.29 is 4.79 Å². The van der Waals surface area contributed by atoms with Crippen LogP contribution in [0.15, 0.2) is 30.3 Å². The summed E-state index contributed by atoms with van der Waals surface area (Å²) in [5, 5.41) is 3.50. The maximum atomic E-state index is 12.6. The Morgan fingerprint density at radius 1 is 1.24 bits per heavy atom. The highest BCUT2D eigenvalue weighted by Gasteiger charge is 2.37. The van der Waals surface area contributed by atoms with Crippen molar-refractivity contribution in [3.63, 3.8) is 0 Å². The van der Waals surface area contributed by atoms with E-state index in [1.165, 1.54) is 17.7 Å². The number of hydrogen-bond donors (Lipinski definition) is 1. The first kappa shape index (κ1) is 16.4. The number of carbonyl (C=O) groups is 1. The number of rotatable bonds is 8. The summed E-state index contributed by atoms with van der Waals surface area (Å²) in [7, 11) is 0. The molecule has 1 fully saturated rings. The zero-order valence-electron chi connectivity index (χ0n) is 13.0. The Morgan fingerprint density at radius 3 is 2.67 bits per heavy atom. The lowest BCUT2D eigenvalue weighted by Gasteiger charge is -2.22. The molecule has 116 valence electrons. The van der Waals surface area contributed by atoms with E-state index in [2.05, 4.69) is 30.6 Å². The number of nitrogens with one attached hydrogen (secondary N) is 1. The van der Waals surface area contributed by atoms with Gasteiger partial charge in [0.25, 0.3) is 0 Å². The van der Waals surface area contributed by atoms with Crippen LogP contribution >= 0.6 is 11.8 Å². The molecule has 1 heterocycles. The zero-order valence-corrected chi connectivity index (χ0v) is 13.9. The maximum absolute atomic E-state index is 12.6. The van der Waals surface area contributed by atoms with Gasteiger partial charge in [-0.1, -0.05) is 37.3 Å². The first-order valence-electron chi connectivity index (χ1n) is 7.85. The molecule has 1 aliphatic heterocycles. The van der Waals surface area contributed by atoms with Crippen molar-refractivity contribution in [3.8, 4) is 0 Å². The van der Waals surface area contributed by atoms with Crippen LogP contribution in [0.2, 0.25) is 0 Å². The lowest BCUT2D eigenvalue weighted by Crippen LogP contribution is -2.37. The van der Waals surface area contributed by atoms with Gasteiger partial charge in [0.1, 0.15) is 0 Å². The second-order valence-electron chi connectivity index (χ2n) is 5.56. The molecule has 1 amide bonds. The Bertz CT molecular complexity index is 438. The van der Waals surface area contributed by atoms with Crippen LogP contribution in [0, 0.1) is 0 Å². The quantitative estimate of drug-likeness (QED) is 0.750. The molecule has 2 atom stereocenters. The van der Waals surface area contributed by atoms with Gasteiger partial charge in [-0.05, 0) is 43.3 Å². The lowest BCUT2D eigenvalue weighted by atomic mass is 10.1. The van der Waals surface area contributed by atoms with E-state index in [-0.39, 0.29) is 18.1 Å². The summed E-state index contributed by atoms with van der Waals surface area (Å²) in [6.07, 6.45) is 6.39. The van der Waals surface area contributed by atoms with E-state index in [4.69, 9.17) is 0 Å². The third-order valence-electron chi connectivity index (χ3n) is 4.02. The zero-order chi connectivity index (χ0) is 15.1. The van der Waals surface area contributed by atoms with Gasteiger partial charge in [0.2, 0.25) is 5.91 Å². The second-order valence-corrected chi connectivity index (χ2v) is 6.55. The van der Waals surface area contributed by atoms with E-state index < -0.39 is 0 Å². The van der Waals surface area contributed by atoms with Crippen LogP contribution in [0.3, 0.4) is 0 Å². The van der Waals surface area contributed by atoms with Crippen molar-refractivity contribution in [1.29, 1.82) is 0 Å². The van der Waals surface area contributed by atoms with Crippen molar-refractivity contribution >= 4 is 17.7 Å². The SMILES string of the molecule is CCC1NC(Cc2ccccc2)C(=O)N1CCCCSC. The van der Waals surface area contributed by atoms with E-state index in [0.29, 0.717) is 0 Å². The number of hydrogen-bond acceptors (Lipinski definition) is 3. The minimum Gasteiger partial charge on any atom is -0.326 e. The summed E-state index contributed by atoms with van der Waals surface area (Å²) in [5.74, 6) is 1.45. The molecule has 1 aromatic carbocycles. The molecule has 1 aromatic rings. The molecule has 0 radical (unpaired) electrons. The fourth-order valence-corrected chi connectivity index (χ4v) is 3.37. The number of nitrogens with zero attached hydrogens (tertiary/aromatic N) is 1. The Kier molecular flexibility index (Phi) is 6.58. The third kappa shape index (κ3) is 4.48. The molecular formula is C17H26N2OS. The summed E-state index contributed by atoms with van der Waals surface area (Å²) < 4.78 is 0. The van der Waals surface area contributed by atoms with Gasteiger partial charge >= 0.3 is 0 Å². The van der Waals surface area contributed by atoms with E-state index in [9.17, 15) is 4.79 Å². The van der Waals surface area contributed by atoms with E-state index >= 15 is 0 Å². The molecule has 1 N–H and O–H groups in total. The highest BCUT2D eigenvalue weighted by Crippen LogP contribution is 2.18. The summed E-state index contributed by atoms with van der Waals surface area (Å²) in [4.78, 5) is 14.7. The van der Waals surface area contributed by atoms with Crippen molar-refractivity contribution in [2.75, 3.05) is 18.6 Å².